The number of methoxy groups -OCH3 is 1. The number of benzene rings is 1. The van der Waals surface area contributed by atoms with Crippen LogP contribution in [0.4, 0.5) is 5.82 Å². The number of aryl methyl sites for hydroxylation is 1. The van der Waals surface area contributed by atoms with Gasteiger partial charge in [-0.15, -0.1) is 10.2 Å². The maximum atomic E-state index is 5.60. The molecule has 0 N–H and O–H groups in total. The lowest BCUT2D eigenvalue weighted by Gasteiger charge is -2.30. The van der Waals surface area contributed by atoms with Crippen molar-refractivity contribution in [2.24, 2.45) is 5.92 Å². The molecule has 6 heteroatoms. The summed E-state index contributed by atoms with van der Waals surface area (Å²) in [6, 6.07) is 10.2. The highest BCUT2D eigenvalue weighted by Gasteiger charge is 2.17. The zero-order valence-electron chi connectivity index (χ0n) is 16.1. The van der Waals surface area contributed by atoms with Gasteiger partial charge < -0.3 is 14.2 Å². The Kier molecular flexibility index (Phi) is 4.79. The summed E-state index contributed by atoms with van der Waals surface area (Å²) in [5.41, 5.74) is 3.75. The first-order valence-electron chi connectivity index (χ1n) is 9.42. The highest BCUT2D eigenvalue weighted by Crippen LogP contribution is 2.29. The van der Waals surface area contributed by atoms with Crippen LogP contribution in [0.3, 0.4) is 0 Å². The van der Waals surface area contributed by atoms with Crippen LogP contribution >= 0.6 is 0 Å². The minimum atomic E-state index is 0.779. The smallest absolute Gasteiger partial charge is 0.151 e. The van der Waals surface area contributed by atoms with Crippen LogP contribution in [0, 0.1) is 12.8 Å². The number of rotatable bonds is 4. The second-order valence-electron chi connectivity index (χ2n) is 7.26. The van der Waals surface area contributed by atoms with E-state index in [4.69, 9.17) is 4.74 Å². The second-order valence-corrected chi connectivity index (χ2v) is 7.26. The van der Waals surface area contributed by atoms with Crippen molar-refractivity contribution >= 4 is 5.82 Å². The summed E-state index contributed by atoms with van der Waals surface area (Å²) in [6.07, 6.45) is 6.21. The molecule has 1 fully saturated rings. The molecule has 0 saturated carbocycles. The minimum absolute atomic E-state index is 0.779. The Balaban J connectivity index is 1.58. The van der Waals surface area contributed by atoms with E-state index < -0.39 is 0 Å². The Morgan fingerprint density at radius 2 is 1.89 bits per heavy atom. The molecule has 3 heterocycles. The van der Waals surface area contributed by atoms with Gasteiger partial charge in [-0.25, -0.2) is 4.98 Å². The fourth-order valence-corrected chi connectivity index (χ4v) is 3.49. The van der Waals surface area contributed by atoms with E-state index in [1.54, 1.807) is 13.4 Å². The van der Waals surface area contributed by atoms with E-state index in [1.165, 1.54) is 12.8 Å². The molecule has 1 aliphatic heterocycles. The van der Waals surface area contributed by atoms with Crippen LogP contribution in [-0.4, -0.2) is 39.9 Å². The van der Waals surface area contributed by atoms with Gasteiger partial charge in [-0.05, 0) is 49.9 Å². The van der Waals surface area contributed by atoms with Crippen LogP contribution in [0.1, 0.15) is 25.5 Å². The molecule has 1 aromatic carbocycles. The second kappa shape index (κ2) is 7.39. The van der Waals surface area contributed by atoms with Crippen molar-refractivity contribution < 1.29 is 4.74 Å². The van der Waals surface area contributed by atoms with Gasteiger partial charge in [0.25, 0.3) is 0 Å². The Morgan fingerprint density at radius 1 is 1.07 bits per heavy atom. The van der Waals surface area contributed by atoms with Crippen molar-refractivity contribution in [3.8, 4) is 22.7 Å². The molecule has 0 radical (unpaired) electrons. The monoisotopic (exact) mass is 363 g/mol. The summed E-state index contributed by atoms with van der Waals surface area (Å²) in [6.45, 7) is 6.40. The maximum absolute atomic E-state index is 5.60. The van der Waals surface area contributed by atoms with Crippen molar-refractivity contribution in [2.45, 2.75) is 26.7 Å². The van der Waals surface area contributed by atoms with Gasteiger partial charge in [0, 0.05) is 24.8 Å². The summed E-state index contributed by atoms with van der Waals surface area (Å²) in [5.74, 6) is 2.54. The molecule has 140 valence electrons. The molecule has 0 aliphatic carbocycles. The van der Waals surface area contributed by atoms with Crippen molar-refractivity contribution in [3.05, 3.63) is 48.5 Å². The van der Waals surface area contributed by atoms with Gasteiger partial charge in [-0.1, -0.05) is 13.0 Å². The molecule has 3 aromatic rings. The van der Waals surface area contributed by atoms with Gasteiger partial charge in [0.15, 0.2) is 5.82 Å². The van der Waals surface area contributed by atoms with Gasteiger partial charge in [0.2, 0.25) is 0 Å². The SMILES string of the molecule is COc1cc(-c2ccc(N3CCC(C)CC3)nn2)ccc1-n1cnc(C)c1. The molecular weight excluding hydrogens is 338 g/mol. The first-order valence-corrected chi connectivity index (χ1v) is 9.42. The maximum Gasteiger partial charge on any atom is 0.151 e. The molecule has 4 rings (SSSR count). The molecule has 0 bridgehead atoms. The van der Waals surface area contributed by atoms with E-state index in [9.17, 15) is 0 Å². The largest absolute Gasteiger partial charge is 0.495 e. The van der Waals surface area contributed by atoms with Crippen molar-refractivity contribution in [1.82, 2.24) is 19.7 Å². The quantitative estimate of drug-likeness (QED) is 0.704. The normalized spacial score (nSPS) is 15.1. The first-order chi connectivity index (χ1) is 13.1. The third kappa shape index (κ3) is 3.65. The molecule has 0 spiro atoms. The number of anilines is 1. The molecule has 0 amide bonds. The lowest BCUT2D eigenvalue weighted by Crippen LogP contribution is -2.33. The Morgan fingerprint density at radius 3 is 2.52 bits per heavy atom. The van der Waals surface area contributed by atoms with Crippen molar-refractivity contribution in [3.63, 3.8) is 0 Å². The van der Waals surface area contributed by atoms with E-state index in [0.717, 1.165) is 53.2 Å². The minimum Gasteiger partial charge on any atom is -0.495 e. The third-order valence-corrected chi connectivity index (χ3v) is 5.22. The van der Waals surface area contributed by atoms with Crippen LogP contribution in [-0.2, 0) is 0 Å². The van der Waals surface area contributed by atoms with E-state index in [0.29, 0.717) is 0 Å². The van der Waals surface area contributed by atoms with Crippen LogP contribution in [0.5, 0.6) is 5.75 Å². The van der Waals surface area contributed by atoms with Gasteiger partial charge in [0.1, 0.15) is 5.75 Å². The molecule has 2 aromatic heterocycles. The van der Waals surface area contributed by atoms with Crippen molar-refractivity contribution in [1.29, 1.82) is 0 Å². The number of hydrogen-bond donors (Lipinski definition) is 0. The predicted molar refractivity (Wildman–Crippen MR) is 106 cm³/mol. The standard InChI is InChI=1S/C21H25N5O/c1-15-8-10-25(11-9-15)21-7-5-18(23-24-21)17-4-6-19(20(12-17)27-3)26-13-16(2)22-14-26/h4-7,12-15H,8-11H2,1-3H3. The Labute approximate surface area is 159 Å². The molecule has 1 saturated heterocycles. The van der Waals surface area contributed by atoms with Crippen LogP contribution in [0.2, 0.25) is 0 Å². The highest BCUT2D eigenvalue weighted by atomic mass is 16.5. The zero-order chi connectivity index (χ0) is 18.8. The fraction of sp³-hybridized carbons (Fsp3) is 0.381. The van der Waals surface area contributed by atoms with E-state index >= 15 is 0 Å². The molecule has 0 unspecified atom stereocenters. The van der Waals surface area contributed by atoms with E-state index in [-0.39, 0.29) is 0 Å². The van der Waals surface area contributed by atoms with Crippen LogP contribution in [0.25, 0.3) is 16.9 Å². The van der Waals surface area contributed by atoms with Crippen LogP contribution in [0.15, 0.2) is 42.9 Å². The third-order valence-electron chi connectivity index (χ3n) is 5.22. The Hall–Kier alpha value is -2.89. The lowest BCUT2D eigenvalue weighted by atomic mass is 9.99. The average molecular weight is 363 g/mol. The van der Waals surface area contributed by atoms with Crippen LogP contribution < -0.4 is 9.64 Å². The topological polar surface area (TPSA) is 56.1 Å². The van der Waals surface area contributed by atoms with Gasteiger partial charge in [0.05, 0.1) is 30.5 Å². The van der Waals surface area contributed by atoms with Gasteiger partial charge in [-0.3, -0.25) is 0 Å². The summed E-state index contributed by atoms with van der Waals surface area (Å²) < 4.78 is 7.56. The average Bonchev–Trinajstić information content (AvgIpc) is 3.14. The number of aromatic nitrogens is 4. The van der Waals surface area contributed by atoms with E-state index in [1.807, 2.05) is 42.0 Å². The molecule has 6 nitrogen and oxygen atoms in total. The molecule has 1 aliphatic rings. The first kappa shape index (κ1) is 17.5. The number of imidazole rings is 1. The van der Waals surface area contributed by atoms with Crippen molar-refractivity contribution in [2.75, 3.05) is 25.1 Å². The molecule has 27 heavy (non-hydrogen) atoms. The van der Waals surface area contributed by atoms with Gasteiger partial charge >= 0.3 is 0 Å². The summed E-state index contributed by atoms with van der Waals surface area (Å²) in [5, 5.41) is 8.92. The fourth-order valence-electron chi connectivity index (χ4n) is 3.49. The summed E-state index contributed by atoms with van der Waals surface area (Å²) in [7, 11) is 1.68. The number of nitrogens with zero attached hydrogens (tertiary/aromatic N) is 5. The zero-order valence-corrected chi connectivity index (χ0v) is 16.1. The summed E-state index contributed by atoms with van der Waals surface area (Å²) in [4.78, 5) is 6.61. The number of piperidine rings is 1. The highest BCUT2D eigenvalue weighted by molar-refractivity contribution is 5.65. The summed E-state index contributed by atoms with van der Waals surface area (Å²) >= 11 is 0. The molecular formula is C21H25N5O. The van der Waals surface area contributed by atoms with E-state index in [2.05, 4.69) is 33.1 Å². The number of hydrogen-bond acceptors (Lipinski definition) is 5. The lowest BCUT2D eigenvalue weighted by molar-refractivity contribution is 0.413. The predicted octanol–water partition coefficient (Wildman–Crippen LogP) is 3.88. The molecule has 0 atom stereocenters. The van der Waals surface area contributed by atoms with Gasteiger partial charge in [-0.2, -0.15) is 0 Å². The Bertz CT molecular complexity index is 911. The number of ether oxygens (including phenoxy) is 1.